The molecule has 33 heavy (non-hydrogen) atoms. The third-order valence-electron chi connectivity index (χ3n) is 5.39. The summed E-state index contributed by atoms with van der Waals surface area (Å²) in [5.41, 5.74) is 1.44. The largest absolute Gasteiger partial charge is 0.379 e. The van der Waals surface area contributed by atoms with E-state index in [0.29, 0.717) is 43.5 Å². The molecule has 1 atom stereocenters. The molecule has 1 fully saturated rings. The number of aromatic nitrogens is 2. The monoisotopic (exact) mass is 492 g/mol. The maximum Gasteiger partial charge on any atom is 0.243 e. The summed E-state index contributed by atoms with van der Waals surface area (Å²) in [7, 11) is -3.64. The third kappa shape index (κ3) is 4.91. The van der Waals surface area contributed by atoms with E-state index < -0.39 is 21.1 Å². The number of anilines is 1. The molecule has 0 spiro atoms. The van der Waals surface area contributed by atoms with Crippen LogP contribution in [0.15, 0.2) is 52.5 Å². The number of carbonyl (C=O) groups is 1. The van der Waals surface area contributed by atoms with Crippen molar-refractivity contribution >= 4 is 44.4 Å². The first kappa shape index (κ1) is 23.7. The summed E-state index contributed by atoms with van der Waals surface area (Å²) in [5, 5.41) is 2.64. The Morgan fingerprint density at radius 2 is 1.97 bits per heavy atom. The van der Waals surface area contributed by atoms with Crippen LogP contribution in [0, 0.1) is 5.82 Å². The van der Waals surface area contributed by atoms with E-state index in [1.54, 1.807) is 37.3 Å². The van der Waals surface area contributed by atoms with Gasteiger partial charge in [-0.2, -0.15) is 4.31 Å². The van der Waals surface area contributed by atoms with Gasteiger partial charge in [-0.15, -0.1) is 0 Å². The zero-order valence-corrected chi connectivity index (χ0v) is 20.0. The van der Waals surface area contributed by atoms with E-state index in [-0.39, 0.29) is 16.5 Å². The summed E-state index contributed by atoms with van der Waals surface area (Å²) in [6, 6.07) is 10.9. The summed E-state index contributed by atoms with van der Waals surface area (Å²) >= 11 is 1.24. The van der Waals surface area contributed by atoms with Crippen molar-refractivity contribution in [3.63, 3.8) is 0 Å². The van der Waals surface area contributed by atoms with Gasteiger partial charge in [0.15, 0.2) is 5.16 Å². The van der Waals surface area contributed by atoms with Gasteiger partial charge in [-0.05, 0) is 44.2 Å². The fourth-order valence-corrected chi connectivity index (χ4v) is 6.00. The van der Waals surface area contributed by atoms with Gasteiger partial charge in [0.05, 0.1) is 40.1 Å². The minimum atomic E-state index is -3.64. The Morgan fingerprint density at radius 3 is 2.67 bits per heavy atom. The first-order chi connectivity index (χ1) is 15.8. The second-order valence-electron chi connectivity index (χ2n) is 7.53. The van der Waals surface area contributed by atoms with Gasteiger partial charge in [-0.3, -0.25) is 4.79 Å². The number of benzene rings is 2. The Hall–Kier alpha value is -2.47. The van der Waals surface area contributed by atoms with Crippen LogP contribution < -0.4 is 5.32 Å². The Morgan fingerprint density at radius 1 is 1.24 bits per heavy atom. The second-order valence-corrected chi connectivity index (χ2v) is 10.8. The maximum atomic E-state index is 13.9. The fourth-order valence-electron chi connectivity index (χ4n) is 3.59. The van der Waals surface area contributed by atoms with E-state index in [4.69, 9.17) is 4.74 Å². The van der Waals surface area contributed by atoms with Crippen molar-refractivity contribution in [3.05, 3.63) is 48.3 Å². The molecule has 0 bridgehead atoms. The number of para-hydroxylation sites is 1. The zero-order valence-electron chi connectivity index (χ0n) is 18.3. The first-order valence-corrected chi connectivity index (χ1v) is 12.9. The predicted octanol–water partition coefficient (Wildman–Crippen LogP) is 3.34. The lowest BCUT2D eigenvalue weighted by molar-refractivity contribution is -0.115. The highest BCUT2D eigenvalue weighted by molar-refractivity contribution is 8.00. The number of aryl methyl sites for hydroxylation is 1. The SMILES string of the molecule is CCn1c(S[C@@H](C)C(=O)Nc2ccccc2F)nc2cc(S(=O)(=O)N3CCOCC3)ccc21. The number of hydrogen-bond donors (Lipinski definition) is 1. The third-order valence-corrected chi connectivity index (χ3v) is 8.38. The zero-order chi connectivity index (χ0) is 23.6. The molecule has 8 nitrogen and oxygen atoms in total. The van der Waals surface area contributed by atoms with Crippen LogP contribution in [0.2, 0.25) is 0 Å². The number of hydrogen-bond acceptors (Lipinski definition) is 6. The molecule has 2 aromatic carbocycles. The quantitative estimate of drug-likeness (QED) is 0.509. The number of thioether (sulfide) groups is 1. The Kier molecular flexibility index (Phi) is 7.03. The van der Waals surface area contributed by atoms with E-state index in [0.717, 1.165) is 5.52 Å². The van der Waals surface area contributed by atoms with Crippen molar-refractivity contribution in [2.75, 3.05) is 31.6 Å². The van der Waals surface area contributed by atoms with Crippen molar-refractivity contribution in [2.24, 2.45) is 0 Å². The smallest absolute Gasteiger partial charge is 0.243 e. The van der Waals surface area contributed by atoms with Gasteiger partial charge in [0.1, 0.15) is 5.82 Å². The highest BCUT2D eigenvalue weighted by Crippen LogP contribution is 2.30. The molecule has 1 saturated heterocycles. The number of morpholine rings is 1. The number of imidazole rings is 1. The summed E-state index contributed by atoms with van der Waals surface area (Å²) < 4.78 is 48.5. The number of ether oxygens (including phenoxy) is 1. The van der Waals surface area contributed by atoms with E-state index in [2.05, 4.69) is 10.3 Å². The molecule has 1 aliphatic rings. The topological polar surface area (TPSA) is 93.5 Å². The summed E-state index contributed by atoms with van der Waals surface area (Å²) in [4.78, 5) is 17.4. The molecule has 1 aliphatic heterocycles. The summed E-state index contributed by atoms with van der Waals surface area (Å²) in [6.45, 7) is 5.65. The lowest BCUT2D eigenvalue weighted by Gasteiger charge is -2.26. The van der Waals surface area contributed by atoms with Crippen LogP contribution in [0.4, 0.5) is 10.1 Å². The van der Waals surface area contributed by atoms with Gasteiger partial charge >= 0.3 is 0 Å². The molecule has 1 N–H and O–H groups in total. The van der Waals surface area contributed by atoms with Crippen molar-refractivity contribution in [2.45, 2.75) is 35.7 Å². The number of halogens is 1. The van der Waals surface area contributed by atoms with Crippen LogP contribution in [-0.4, -0.2) is 59.7 Å². The lowest BCUT2D eigenvalue weighted by atomic mass is 10.3. The molecule has 1 amide bonds. The van der Waals surface area contributed by atoms with Crippen molar-refractivity contribution in [1.82, 2.24) is 13.9 Å². The van der Waals surface area contributed by atoms with Gasteiger partial charge < -0.3 is 14.6 Å². The van der Waals surface area contributed by atoms with Crippen LogP contribution in [0.25, 0.3) is 11.0 Å². The lowest BCUT2D eigenvalue weighted by Crippen LogP contribution is -2.40. The van der Waals surface area contributed by atoms with Crippen LogP contribution in [-0.2, 0) is 26.1 Å². The van der Waals surface area contributed by atoms with Gasteiger partial charge in [-0.25, -0.2) is 17.8 Å². The number of amides is 1. The van der Waals surface area contributed by atoms with Gasteiger partial charge in [0, 0.05) is 19.6 Å². The number of fused-ring (bicyclic) bond motifs is 1. The fraction of sp³-hybridized carbons (Fsp3) is 0.364. The van der Waals surface area contributed by atoms with E-state index in [1.165, 1.54) is 28.2 Å². The molecule has 0 radical (unpaired) electrons. The average Bonchev–Trinajstić information content (AvgIpc) is 3.17. The van der Waals surface area contributed by atoms with E-state index in [9.17, 15) is 17.6 Å². The Balaban J connectivity index is 1.57. The molecule has 11 heteroatoms. The first-order valence-electron chi connectivity index (χ1n) is 10.6. The molecule has 0 saturated carbocycles. The number of carbonyl (C=O) groups excluding carboxylic acids is 1. The molecule has 0 aliphatic carbocycles. The standard InChI is InChI=1S/C22H25FN4O4S2/c1-3-27-20-9-8-16(33(29,30)26-10-12-31-13-11-26)14-19(20)25-22(27)32-15(2)21(28)24-18-7-5-4-6-17(18)23/h4-9,14-15H,3,10-13H2,1-2H3,(H,24,28)/t15-/m0/s1. The Labute approximate surface area is 196 Å². The van der Waals surface area contributed by atoms with E-state index >= 15 is 0 Å². The highest BCUT2D eigenvalue weighted by atomic mass is 32.2. The highest BCUT2D eigenvalue weighted by Gasteiger charge is 2.27. The van der Waals surface area contributed by atoms with Crippen LogP contribution in [0.1, 0.15) is 13.8 Å². The molecule has 2 heterocycles. The average molecular weight is 493 g/mol. The van der Waals surface area contributed by atoms with Crippen molar-refractivity contribution in [1.29, 1.82) is 0 Å². The number of nitrogens with zero attached hydrogens (tertiary/aromatic N) is 3. The summed E-state index contributed by atoms with van der Waals surface area (Å²) in [6.07, 6.45) is 0. The van der Waals surface area contributed by atoms with Crippen LogP contribution in [0.5, 0.6) is 0 Å². The van der Waals surface area contributed by atoms with Crippen LogP contribution >= 0.6 is 11.8 Å². The van der Waals surface area contributed by atoms with Crippen molar-refractivity contribution in [3.8, 4) is 0 Å². The second kappa shape index (κ2) is 9.80. The predicted molar refractivity (Wildman–Crippen MR) is 125 cm³/mol. The minimum absolute atomic E-state index is 0.122. The number of nitrogens with one attached hydrogen (secondary N) is 1. The molecule has 4 rings (SSSR count). The molecular weight excluding hydrogens is 467 g/mol. The molecular formula is C22H25FN4O4S2. The molecule has 176 valence electrons. The number of rotatable bonds is 7. The van der Waals surface area contributed by atoms with Crippen molar-refractivity contribution < 1.29 is 22.3 Å². The van der Waals surface area contributed by atoms with E-state index in [1.807, 2.05) is 11.5 Å². The van der Waals surface area contributed by atoms with Gasteiger partial charge in [0.25, 0.3) is 0 Å². The maximum absolute atomic E-state index is 13.9. The van der Waals surface area contributed by atoms with Crippen LogP contribution in [0.3, 0.4) is 0 Å². The molecule has 1 aromatic heterocycles. The molecule has 3 aromatic rings. The molecule has 0 unspecified atom stereocenters. The summed E-state index contributed by atoms with van der Waals surface area (Å²) in [5.74, 6) is -0.853. The number of sulfonamides is 1. The minimum Gasteiger partial charge on any atom is -0.379 e. The van der Waals surface area contributed by atoms with Gasteiger partial charge in [-0.1, -0.05) is 23.9 Å². The van der Waals surface area contributed by atoms with Gasteiger partial charge in [0.2, 0.25) is 15.9 Å². The Bertz CT molecular complexity index is 1270. The normalized spacial score (nSPS) is 16.1.